The Morgan fingerprint density at radius 1 is 1.13 bits per heavy atom. The lowest BCUT2D eigenvalue weighted by Crippen LogP contribution is -2.38. The average Bonchev–Trinajstić information content (AvgIpc) is 2.79. The summed E-state index contributed by atoms with van der Waals surface area (Å²) in [6.45, 7) is 15.9. The summed E-state index contributed by atoms with van der Waals surface area (Å²) < 4.78 is 14.9. The summed E-state index contributed by atoms with van der Waals surface area (Å²) in [7, 11) is 2.71. The molecule has 0 spiro atoms. The van der Waals surface area contributed by atoms with Crippen LogP contribution in [0, 0.1) is 17.2 Å². The van der Waals surface area contributed by atoms with E-state index in [1.165, 1.54) is 0 Å². The van der Waals surface area contributed by atoms with Gasteiger partial charge in [0.15, 0.2) is 0 Å². The van der Waals surface area contributed by atoms with Crippen LogP contribution >= 0.6 is 30.1 Å². The zero-order valence-electron chi connectivity index (χ0n) is 15.4. The van der Waals surface area contributed by atoms with E-state index in [-0.39, 0.29) is 6.10 Å². The summed E-state index contributed by atoms with van der Waals surface area (Å²) in [5, 5.41) is 9.74. The predicted molar refractivity (Wildman–Crippen MR) is 103 cm³/mol. The molecule has 134 valence electrons. The molecule has 7 heteroatoms. The highest BCUT2D eigenvalue weighted by molar-refractivity contribution is 8.77. The van der Waals surface area contributed by atoms with E-state index in [4.69, 9.17) is 14.3 Å². The lowest BCUT2D eigenvalue weighted by atomic mass is 10.0. The molecular weight excluding hydrogens is 347 g/mol. The first-order chi connectivity index (χ1) is 10.8. The maximum atomic E-state index is 8.79. The summed E-state index contributed by atoms with van der Waals surface area (Å²) in [6, 6.07) is 2.84. The fourth-order valence-electron chi connectivity index (χ4n) is 2.56. The van der Waals surface area contributed by atoms with Crippen molar-refractivity contribution in [2.75, 3.05) is 6.61 Å². The van der Waals surface area contributed by atoms with Gasteiger partial charge >= 0.3 is 0 Å². The van der Waals surface area contributed by atoms with Gasteiger partial charge < -0.3 is 9.05 Å². The van der Waals surface area contributed by atoms with E-state index in [2.05, 4.69) is 59.2 Å². The Hall–Kier alpha value is 0.500. The lowest BCUT2D eigenvalue weighted by Gasteiger charge is -2.38. The molecule has 0 N–H and O–H groups in total. The van der Waals surface area contributed by atoms with E-state index >= 15 is 0 Å². The van der Waals surface area contributed by atoms with E-state index in [1.54, 1.807) is 0 Å². The molecule has 1 unspecified atom stereocenters. The van der Waals surface area contributed by atoms with Crippen LogP contribution in [0.4, 0.5) is 0 Å². The van der Waals surface area contributed by atoms with Crippen molar-refractivity contribution >= 4 is 30.1 Å². The Balaban J connectivity index is 2.88. The second-order valence-corrected chi connectivity index (χ2v) is 11.0. The van der Waals surface area contributed by atoms with Crippen molar-refractivity contribution in [1.29, 1.82) is 5.26 Å². The average molecular weight is 379 g/mol. The van der Waals surface area contributed by atoms with Gasteiger partial charge in [0.1, 0.15) is 0 Å². The molecule has 4 nitrogen and oxygen atoms in total. The molecule has 0 aliphatic carbocycles. The number of hydrogen-bond donors (Lipinski definition) is 0. The molecule has 1 fully saturated rings. The highest BCUT2D eigenvalue weighted by atomic mass is 33.1. The SMILES string of the molecule is CC(C)[C@H]1SS[C@H](C)[C@H]1OP(OCCC#N)N(C(C)C)C(C)C. The first-order valence-electron chi connectivity index (χ1n) is 8.36. The second kappa shape index (κ2) is 10.5. The van der Waals surface area contributed by atoms with Gasteiger partial charge in [0, 0.05) is 22.6 Å². The smallest absolute Gasteiger partial charge is 0.259 e. The van der Waals surface area contributed by atoms with Crippen LogP contribution in [0.15, 0.2) is 0 Å². The second-order valence-electron chi connectivity index (χ2n) is 6.72. The van der Waals surface area contributed by atoms with Crippen molar-refractivity contribution < 1.29 is 9.05 Å². The van der Waals surface area contributed by atoms with Gasteiger partial charge in [0.2, 0.25) is 0 Å². The van der Waals surface area contributed by atoms with E-state index < -0.39 is 8.53 Å². The molecule has 0 saturated carbocycles. The number of hydrogen-bond acceptors (Lipinski definition) is 6. The third-order valence-electron chi connectivity index (χ3n) is 3.64. The van der Waals surface area contributed by atoms with Crippen LogP contribution in [-0.4, -0.2) is 40.0 Å². The molecule has 1 rings (SSSR count). The Kier molecular flexibility index (Phi) is 9.82. The van der Waals surface area contributed by atoms with Crippen LogP contribution in [-0.2, 0) is 9.05 Å². The largest absolute Gasteiger partial charge is 0.321 e. The Morgan fingerprint density at radius 2 is 1.74 bits per heavy atom. The molecule has 0 aromatic carbocycles. The van der Waals surface area contributed by atoms with Crippen LogP contribution in [0.1, 0.15) is 54.9 Å². The summed E-state index contributed by atoms with van der Waals surface area (Å²) in [6.07, 6.45) is 0.599. The Labute approximate surface area is 151 Å². The number of rotatable bonds is 9. The molecule has 0 aromatic heterocycles. The third-order valence-corrected chi connectivity index (χ3v) is 9.39. The molecule has 0 bridgehead atoms. The highest BCUT2D eigenvalue weighted by Crippen LogP contribution is 2.55. The zero-order valence-corrected chi connectivity index (χ0v) is 17.9. The Morgan fingerprint density at radius 3 is 2.22 bits per heavy atom. The van der Waals surface area contributed by atoms with Crippen molar-refractivity contribution in [2.45, 2.75) is 83.6 Å². The molecular formula is C16H31N2O2PS2. The van der Waals surface area contributed by atoms with E-state index in [0.29, 0.717) is 41.5 Å². The molecule has 1 aliphatic heterocycles. The molecule has 4 atom stereocenters. The van der Waals surface area contributed by atoms with Gasteiger partial charge in [-0.25, -0.2) is 4.67 Å². The maximum absolute atomic E-state index is 8.79. The van der Waals surface area contributed by atoms with Gasteiger partial charge in [-0.3, -0.25) is 0 Å². The first kappa shape index (κ1) is 21.5. The fraction of sp³-hybridized carbons (Fsp3) is 0.938. The lowest BCUT2D eigenvalue weighted by molar-refractivity contribution is 0.125. The zero-order chi connectivity index (χ0) is 17.6. The third kappa shape index (κ3) is 6.38. The predicted octanol–water partition coefficient (Wildman–Crippen LogP) is 5.46. The van der Waals surface area contributed by atoms with Crippen LogP contribution < -0.4 is 0 Å². The molecule has 1 aliphatic rings. The molecule has 23 heavy (non-hydrogen) atoms. The van der Waals surface area contributed by atoms with E-state index in [0.717, 1.165) is 0 Å². The first-order valence-corrected chi connectivity index (χ1v) is 11.8. The molecule has 0 aromatic rings. The van der Waals surface area contributed by atoms with Crippen molar-refractivity contribution in [3.8, 4) is 6.07 Å². The van der Waals surface area contributed by atoms with E-state index in [9.17, 15) is 0 Å². The van der Waals surface area contributed by atoms with Crippen LogP contribution in [0.2, 0.25) is 0 Å². The summed E-state index contributed by atoms with van der Waals surface area (Å²) in [5.41, 5.74) is 0. The number of nitrogens with zero attached hydrogens (tertiary/aromatic N) is 2. The highest BCUT2D eigenvalue weighted by Gasteiger charge is 2.41. The summed E-state index contributed by atoms with van der Waals surface area (Å²) in [4.78, 5) is 0. The monoisotopic (exact) mass is 378 g/mol. The minimum atomic E-state index is -1.15. The summed E-state index contributed by atoms with van der Waals surface area (Å²) >= 11 is 0. The minimum Gasteiger partial charge on any atom is -0.321 e. The van der Waals surface area contributed by atoms with Crippen LogP contribution in [0.3, 0.4) is 0 Å². The van der Waals surface area contributed by atoms with Gasteiger partial charge in [0.05, 0.1) is 25.2 Å². The van der Waals surface area contributed by atoms with Crippen LogP contribution in [0.25, 0.3) is 0 Å². The van der Waals surface area contributed by atoms with Crippen molar-refractivity contribution in [1.82, 2.24) is 4.67 Å². The maximum Gasteiger partial charge on any atom is 0.259 e. The van der Waals surface area contributed by atoms with Crippen LogP contribution in [0.5, 0.6) is 0 Å². The van der Waals surface area contributed by atoms with Gasteiger partial charge in [-0.2, -0.15) is 5.26 Å². The van der Waals surface area contributed by atoms with Crippen molar-refractivity contribution in [2.24, 2.45) is 5.92 Å². The minimum absolute atomic E-state index is 0.193. The topological polar surface area (TPSA) is 45.5 Å². The van der Waals surface area contributed by atoms with Gasteiger partial charge in [-0.1, -0.05) is 35.4 Å². The normalized spacial score (nSPS) is 26.4. The molecule has 1 saturated heterocycles. The Bertz CT molecular complexity index is 383. The number of nitriles is 1. The van der Waals surface area contributed by atoms with Gasteiger partial charge in [-0.15, -0.1) is 0 Å². The molecule has 0 amide bonds. The summed E-state index contributed by atoms with van der Waals surface area (Å²) in [5.74, 6) is 0.574. The van der Waals surface area contributed by atoms with Crippen molar-refractivity contribution in [3.05, 3.63) is 0 Å². The van der Waals surface area contributed by atoms with E-state index in [1.807, 2.05) is 21.6 Å². The fourth-order valence-corrected chi connectivity index (χ4v) is 8.15. The van der Waals surface area contributed by atoms with Gasteiger partial charge in [-0.05, 0) is 40.5 Å². The van der Waals surface area contributed by atoms with Crippen molar-refractivity contribution in [3.63, 3.8) is 0 Å². The van der Waals surface area contributed by atoms with Gasteiger partial charge in [0.25, 0.3) is 8.53 Å². The standard InChI is InChI=1S/C16H31N2O2PS2/c1-11(2)16-15(14(7)22-23-16)20-21(19-10-8-9-17)18(12(3)4)13(5)6/h11-16H,8,10H2,1-7H3/t14-,15-,16-,21?/m1/s1. The molecule has 1 heterocycles. The molecule has 0 radical (unpaired) electrons. The quantitative estimate of drug-likeness (QED) is 0.302.